The lowest BCUT2D eigenvalue weighted by Crippen LogP contribution is -2.41. The molecule has 0 aliphatic carbocycles. The van der Waals surface area contributed by atoms with Crippen LogP contribution >= 0.6 is 0 Å². The van der Waals surface area contributed by atoms with Crippen LogP contribution in [0, 0.1) is 5.82 Å². The van der Waals surface area contributed by atoms with Gasteiger partial charge >= 0.3 is 6.03 Å². The first kappa shape index (κ1) is 28.8. The van der Waals surface area contributed by atoms with Crippen molar-refractivity contribution in [3.05, 3.63) is 71.8 Å². The maximum absolute atomic E-state index is 15.2. The molecule has 2 aromatic heterocycles. The third-order valence-electron chi connectivity index (χ3n) is 6.78. The number of carbonyl (C=O) groups excluding carboxylic acids is 2. The van der Waals surface area contributed by atoms with Crippen molar-refractivity contribution in [2.45, 2.75) is 32.6 Å². The van der Waals surface area contributed by atoms with E-state index in [-0.39, 0.29) is 11.6 Å². The number of aromatic nitrogens is 2. The number of piperidine rings is 1. The highest BCUT2D eigenvalue weighted by Crippen LogP contribution is 2.25. The minimum absolute atomic E-state index is 0.0218. The first-order chi connectivity index (χ1) is 19.4. The summed E-state index contributed by atoms with van der Waals surface area (Å²) < 4.78 is 15.2. The molecule has 0 saturated carbocycles. The second-order valence-electron chi connectivity index (χ2n) is 9.68. The summed E-state index contributed by atoms with van der Waals surface area (Å²) in [5, 5.41) is 8.40. The molecule has 0 unspecified atom stereocenters. The van der Waals surface area contributed by atoms with Gasteiger partial charge in [0.2, 0.25) is 0 Å². The zero-order valence-electron chi connectivity index (χ0n) is 22.8. The number of amides is 3. The number of rotatable bonds is 11. The molecule has 1 saturated heterocycles. The molecule has 1 fully saturated rings. The number of likely N-dealkylation sites (tertiary alicyclic amines) is 1. The van der Waals surface area contributed by atoms with Crippen LogP contribution in [0.5, 0.6) is 0 Å². The van der Waals surface area contributed by atoms with Gasteiger partial charge in [-0.2, -0.15) is 0 Å². The zero-order chi connectivity index (χ0) is 28.3. The van der Waals surface area contributed by atoms with Crippen molar-refractivity contribution >= 4 is 34.9 Å². The lowest BCUT2D eigenvalue weighted by Gasteiger charge is -2.30. The number of urea groups is 1. The van der Waals surface area contributed by atoms with E-state index in [4.69, 9.17) is 5.73 Å². The molecular weight excluding hydrogens is 511 g/mol. The third-order valence-corrected chi connectivity index (χ3v) is 6.78. The Morgan fingerprint density at radius 1 is 1.10 bits per heavy atom. The van der Waals surface area contributed by atoms with Gasteiger partial charge in [-0.1, -0.05) is 12.5 Å². The molecule has 1 aromatic carbocycles. The quantitative estimate of drug-likeness (QED) is 0.284. The number of nitrogen functional groups attached to an aromatic ring is 1. The van der Waals surface area contributed by atoms with Crippen LogP contribution in [0.15, 0.2) is 54.9 Å². The van der Waals surface area contributed by atoms with Crippen LogP contribution in [-0.2, 0) is 6.42 Å². The average molecular weight is 549 g/mol. The van der Waals surface area contributed by atoms with Crippen LogP contribution in [0.25, 0.3) is 0 Å². The van der Waals surface area contributed by atoms with Gasteiger partial charge in [-0.3, -0.25) is 4.79 Å². The number of carbonyl (C=O) groups is 2. The average Bonchev–Trinajstić information content (AvgIpc) is 2.96. The largest absolute Gasteiger partial charge is 0.384 e. The van der Waals surface area contributed by atoms with E-state index >= 15 is 4.39 Å². The molecular formula is C29H37FN8O2. The number of halogens is 1. The Balaban J connectivity index is 1.45. The molecule has 4 rings (SSSR count). The van der Waals surface area contributed by atoms with Crippen molar-refractivity contribution in [1.82, 2.24) is 20.2 Å². The van der Waals surface area contributed by atoms with Crippen LogP contribution < -0.4 is 26.6 Å². The third kappa shape index (κ3) is 7.89. The van der Waals surface area contributed by atoms with Gasteiger partial charge in [-0.25, -0.2) is 19.2 Å². The Bertz CT molecular complexity index is 1280. The van der Waals surface area contributed by atoms with E-state index in [1.54, 1.807) is 41.6 Å². The van der Waals surface area contributed by atoms with Crippen molar-refractivity contribution in [3.63, 3.8) is 0 Å². The van der Waals surface area contributed by atoms with Crippen LogP contribution in [0.3, 0.4) is 0 Å². The molecule has 10 nitrogen and oxygen atoms in total. The molecule has 11 heteroatoms. The molecule has 40 heavy (non-hydrogen) atoms. The van der Waals surface area contributed by atoms with E-state index in [1.807, 2.05) is 13.0 Å². The first-order valence-electron chi connectivity index (χ1n) is 13.7. The van der Waals surface area contributed by atoms with Crippen LogP contribution in [0.2, 0.25) is 0 Å². The van der Waals surface area contributed by atoms with Gasteiger partial charge < -0.3 is 31.5 Å². The van der Waals surface area contributed by atoms with Gasteiger partial charge in [0, 0.05) is 44.3 Å². The fourth-order valence-corrected chi connectivity index (χ4v) is 4.65. The van der Waals surface area contributed by atoms with Gasteiger partial charge in [0.05, 0.1) is 11.3 Å². The van der Waals surface area contributed by atoms with E-state index in [1.165, 1.54) is 18.6 Å². The van der Waals surface area contributed by atoms with Crippen LogP contribution in [0.1, 0.15) is 42.1 Å². The minimum atomic E-state index is -0.635. The number of nitrogens with one attached hydrogen (secondary N) is 3. The number of anilines is 4. The summed E-state index contributed by atoms with van der Waals surface area (Å²) in [6.45, 7) is 5.93. The highest BCUT2D eigenvalue weighted by molar-refractivity contribution is 6.09. The summed E-state index contributed by atoms with van der Waals surface area (Å²) in [7, 11) is 0. The second kappa shape index (κ2) is 14.2. The van der Waals surface area contributed by atoms with Gasteiger partial charge in [0.1, 0.15) is 17.5 Å². The second-order valence-corrected chi connectivity index (χ2v) is 9.68. The van der Waals surface area contributed by atoms with Crippen LogP contribution in [0.4, 0.5) is 32.2 Å². The standard InChI is InChI=1S/C29H37FN8O2/c1-2-32-27-23(7-6-13-33-27)28(39)38(18-17-37-15-4-3-5-16-37)22-9-10-25(24(30)19-22)36-29(40)34-14-12-21-8-11-26(31)35-20-21/h6-11,13,19-20H,2-5,12,14-18H2,1H3,(H2,31,35)(H,32,33)(H2,34,36,40). The molecule has 1 aliphatic heterocycles. The van der Waals surface area contributed by atoms with Crippen molar-refractivity contribution in [1.29, 1.82) is 0 Å². The number of hydrogen-bond donors (Lipinski definition) is 4. The Morgan fingerprint density at radius 3 is 2.65 bits per heavy atom. The molecule has 212 valence electrons. The number of nitrogens with zero attached hydrogens (tertiary/aromatic N) is 4. The summed E-state index contributed by atoms with van der Waals surface area (Å²) in [6, 6.07) is 10.9. The number of pyridine rings is 2. The Kier molecular flexibility index (Phi) is 10.2. The summed E-state index contributed by atoms with van der Waals surface area (Å²) in [5.41, 5.74) is 7.36. The number of hydrogen-bond acceptors (Lipinski definition) is 7. The molecule has 0 bridgehead atoms. The highest BCUT2D eigenvalue weighted by atomic mass is 19.1. The lowest BCUT2D eigenvalue weighted by atomic mass is 10.1. The number of benzene rings is 1. The molecule has 5 N–H and O–H groups in total. The molecule has 0 atom stereocenters. The summed E-state index contributed by atoms with van der Waals surface area (Å²) >= 11 is 0. The van der Waals surface area contributed by atoms with Gasteiger partial charge in [0.25, 0.3) is 5.91 Å². The molecule has 1 aliphatic rings. The predicted molar refractivity (Wildman–Crippen MR) is 156 cm³/mol. The Morgan fingerprint density at radius 2 is 1.93 bits per heavy atom. The van der Waals surface area contributed by atoms with E-state index in [2.05, 4.69) is 30.8 Å². The Labute approximate surface area is 234 Å². The molecule has 3 amide bonds. The normalized spacial score (nSPS) is 13.4. The topological polar surface area (TPSA) is 129 Å². The highest BCUT2D eigenvalue weighted by Gasteiger charge is 2.23. The first-order valence-corrected chi connectivity index (χ1v) is 13.7. The minimum Gasteiger partial charge on any atom is -0.384 e. The van der Waals surface area contributed by atoms with Crippen molar-refractivity contribution in [3.8, 4) is 0 Å². The van der Waals surface area contributed by atoms with Crippen LogP contribution in [-0.4, -0.2) is 66.1 Å². The SMILES string of the molecule is CCNc1ncccc1C(=O)N(CCN1CCCCC1)c1ccc(NC(=O)NCCc2ccc(N)nc2)c(F)c1. The maximum atomic E-state index is 15.2. The molecule has 0 radical (unpaired) electrons. The Hall–Kier alpha value is -4.25. The van der Waals surface area contributed by atoms with E-state index < -0.39 is 11.8 Å². The zero-order valence-corrected chi connectivity index (χ0v) is 22.8. The summed E-state index contributed by atoms with van der Waals surface area (Å²) in [5.74, 6) is 0.0158. The van der Waals surface area contributed by atoms with Gasteiger partial charge in [0.15, 0.2) is 0 Å². The molecule has 3 heterocycles. The van der Waals surface area contributed by atoms with Crippen molar-refractivity contribution in [2.75, 3.05) is 60.5 Å². The monoisotopic (exact) mass is 548 g/mol. The van der Waals surface area contributed by atoms with Crippen molar-refractivity contribution in [2.24, 2.45) is 0 Å². The fourth-order valence-electron chi connectivity index (χ4n) is 4.65. The van der Waals surface area contributed by atoms with E-state index in [0.29, 0.717) is 55.5 Å². The number of nitrogens with two attached hydrogens (primary N) is 1. The fraction of sp³-hybridized carbons (Fsp3) is 0.379. The smallest absolute Gasteiger partial charge is 0.319 e. The summed E-state index contributed by atoms with van der Waals surface area (Å²) in [6.07, 6.45) is 7.32. The predicted octanol–water partition coefficient (Wildman–Crippen LogP) is 4.13. The lowest BCUT2D eigenvalue weighted by molar-refractivity contribution is 0.0982. The van der Waals surface area contributed by atoms with Crippen molar-refractivity contribution < 1.29 is 14.0 Å². The molecule has 3 aromatic rings. The van der Waals surface area contributed by atoms with E-state index in [0.717, 1.165) is 31.5 Å². The molecule has 0 spiro atoms. The summed E-state index contributed by atoms with van der Waals surface area (Å²) in [4.78, 5) is 38.4. The maximum Gasteiger partial charge on any atom is 0.319 e. The van der Waals surface area contributed by atoms with E-state index in [9.17, 15) is 9.59 Å². The van der Waals surface area contributed by atoms with Gasteiger partial charge in [-0.15, -0.1) is 0 Å². The van der Waals surface area contributed by atoms with Gasteiger partial charge in [-0.05, 0) is 81.2 Å².